The Morgan fingerprint density at radius 2 is 1.91 bits per heavy atom. The molecule has 2 amide bonds. The quantitative estimate of drug-likeness (QED) is 0.469. The number of nitrogens with zero attached hydrogens (tertiary/aromatic N) is 3. The highest BCUT2D eigenvalue weighted by Gasteiger charge is 2.49. The number of aryl methyl sites for hydroxylation is 1. The van der Waals surface area contributed by atoms with Crippen molar-refractivity contribution < 1.29 is 22.4 Å². The van der Waals surface area contributed by atoms with Gasteiger partial charge in [0.1, 0.15) is 17.6 Å². The van der Waals surface area contributed by atoms with Crippen molar-refractivity contribution in [1.29, 1.82) is 0 Å². The summed E-state index contributed by atoms with van der Waals surface area (Å²) < 4.78 is 56.7. The minimum Gasteiger partial charge on any atom is -0.399 e. The molecule has 11 heteroatoms. The molecule has 3 aromatic rings. The molecule has 0 aliphatic carbocycles. The van der Waals surface area contributed by atoms with Crippen molar-refractivity contribution in [1.82, 2.24) is 14.7 Å². The van der Waals surface area contributed by atoms with Crippen LogP contribution < -0.4 is 11.1 Å². The Hall–Kier alpha value is -3.53. The summed E-state index contributed by atoms with van der Waals surface area (Å²) in [6, 6.07) is 7.45. The molecule has 2 heterocycles. The smallest absolute Gasteiger partial charge is 0.399 e. The summed E-state index contributed by atoms with van der Waals surface area (Å²) in [6.45, 7) is 4.51. The van der Waals surface area contributed by atoms with Crippen molar-refractivity contribution in [3.8, 4) is 11.3 Å². The molecule has 2 aromatic carbocycles. The van der Waals surface area contributed by atoms with Gasteiger partial charge in [-0.3, -0.25) is 4.68 Å². The maximum atomic E-state index is 14.0. The van der Waals surface area contributed by atoms with E-state index in [0.29, 0.717) is 16.2 Å². The summed E-state index contributed by atoms with van der Waals surface area (Å²) in [5, 5.41) is 6.64. The number of nitrogens with one attached hydrogen (secondary N) is 1. The summed E-state index contributed by atoms with van der Waals surface area (Å²) in [5.74, 6) is -0.654. The van der Waals surface area contributed by atoms with Gasteiger partial charge in [0.15, 0.2) is 0 Å². The number of halogens is 5. The van der Waals surface area contributed by atoms with Gasteiger partial charge in [0.05, 0.1) is 23.8 Å². The van der Waals surface area contributed by atoms with Crippen LogP contribution in [0.5, 0.6) is 0 Å². The summed E-state index contributed by atoms with van der Waals surface area (Å²) in [7, 11) is 0. The second-order valence-corrected chi connectivity index (χ2v) is 8.40. The van der Waals surface area contributed by atoms with E-state index in [0.717, 1.165) is 16.3 Å². The van der Waals surface area contributed by atoms with Crippen molar-refractivity contribution in [3.63, 3.8) is 0 Å². The van der Waals surface area contributed by atoms with Crippen molar-refractivity contribution in [2.24, 2.45) is 5.73 Å². The number of anilines is 1. The number of fused-ring (bicyclic) bond motifs is 1. The van der Waals surface area contributed by atoms with E-state index in [9.17, 15) is 22.4 Å². The average Bonchev–Trinajstić information content (AvgIpc) is 3.14. The Morgan fingerprint density at radius 1 is 1.24 bits per heavy atom. The van der Waals surface area contributed by atoms with Crippen LogP contribution in [0.1, 0.15) is 16.8 Å². The zero-order chi connectivity index (χ0) is 24.8. The highest BCUT2D eigenvalue weighted by Crippen LogP contribution is 2.37. The van der Waals surface area contributed by atoms with Crippen LogP contribution in [0.3, 0.4) is 0 Å². The molecular formula is C23H20ClF4N5O. The zero-order valence-corrected chi connectivity index (χ0v) is 18.7. The van der Waals surface area contributed by atoms with Gasteiger partial charge in [-0.25, -0.2) is 9.18 Å². The van der Waals surface area contributed by atoms with Crippen LogP contribution in [0.2, 0.25) is 5.02 Å². The molecule has 3 N–H and O–H groups in total. The van der Waals surface area contributed by atoms with Crippen LogP contribution in [-0.4, -0.2) is 32.9 Å². The molecule has 0 bridgehead atoms. The van der Waals surface area contributed by atoms with Crippen LogP contribution in [0, 0.1) is 12.7 Å². The van der Waals surface area contributed by atoms with E-state index in [2.05, 4.69) is 17.0 Å². The number of carbonyl (C=O) groups excluding carboxylic acids is 1. The summed E-state index contributed by atoms with van der Waals surface area (Å²) >= 11 is 5.88. The number of amides is 2. The standard InChI is InChI=1S/C23H20ClF4N5O/c1-12-3-6-15(7-4-12)30-22(34)32-10-18-20(13(2)29)21(14-5-8-17(25)16(24)9-14)31-33(18)11-19(32)23(26,27)28/h3-9,19H,2,10-11,29H2,1H3,(H,30,34). The molecule has 0 spiro atoms. The number of aromatic nitrogens is 2. The van der Waals surface area contributed by atoms with Gasteiger partial charge in [-0.15, -0.1) is 0 Å². The van der Waals surface area contributed by atoms with Crippen molar-refractivity contribution in [3.05, 3.63) is 76.7 Å². The maximum Gasteiger partial charge on any atom is 0.410 e. The molecule has 178 valence electrons. The summed E-state index contributed by atoms with van der Waals surface area (Å²) in [6.07, 6.45) is -4.71. The predicted molar refractivity (Wildman–Crippen MR) is 121 cm³/mol. The molecule has 4 rings (SSSR count). The lowest BCUT2D eigenvalue weighted by atomic mass is 10.0. The van der Waals surface area contributed by atoms with Crippen molar-refractivity contribution in [2.45, 2.75) is 32.2 Å². The molecule has 1 aliphatic rings. The van der Waals surface area contributed by atoms with E-state index >= 15 is 0 Å². The molecule has 1 aliphatic heterocycles. The summed E-state index contributed by atoms with van der Waals surface area (Å²) in [5.41, 5.74) is 8.42. The predicted octanol–water partition coefficient (Wildman–Crippen LogP) is 5.56. The lowest BCUT2D eigenvalue weighted by Gasteiger charge is -2.37. The Balaban J connectivity index is 1.76. The normalized spacial score (nSPS) is 15.7. The SMILES string of the molecule is C=C(N)c1c(-c2ccc(F)c(Cl)c2)nn2c1CN(C(=O)Nc1ccc(C)cc1)C(C(F)(F)F)C2. The number of rotatable bonds is 3. The van der Waals surface area contributed by atoms with Gasteiger partial charge in [-0.1, -0.05) is 35.9 Å². The van der Waals surface area contributed by atoms with E-state index in [4.69, 9.17) is 17.3 Å². The first-order valence-electron chi connectivity index (χ1n) is 10.2. The van der Waals surface area contributed by atoms with Gasteiger partial charge in [-0.2, -0.15) is 18.3 Å². The molecule has 0 fully saturated rings. The molecule has 0 saturated carbocycles. The minimum absolute atomic E-state index is 0.0426. The molecular weight excluding hydrogens is 474 g/mol. The fourth-order valence-corrected chi connectivity index (χ4v) is 4.03. The summed E-state index contributed by atoms with van der Waals surface area (Å²) in [4.78, 5) is 13.6. The molecule has 1 atom stereocenters. The van der Waals surface area contributed by atoms with Gasteiger partial charge < -0.3 is 16.0 Å². The van der Waals surface area contributed by atoms with Crippen molar-refractivity contribution in [2.75, 3.05) is 5.32 Å². The van der Waals surface area contributed by atoms with Gasteiger partial charge in [-0.05, 0) is 37.3 Å². The Kier molecular flexibility index (Phi) is 6.03. The van der Waals surface area contributed by atoms with Crippen LogP contribution in [0.25, 0.3) is 17.0 Å². The van der Waals surface area contributed by atoms with Crippen LogP contribution in [0.4, 0.5) is 28.0 Å². The molecule has 0 saturated heterocycles. The van der Waals surface area contributed by atoms with Gasteiger partial charge in [0.25, 0.3) is 0 Å². The maximum absolute atomic E-state index is 14.0. The average molecular weight is 494 g/mol. The molecule has 1 unspecified atom stereocenters. The minimum atomic E-state index is -4.71. The zero-order valence-electron chi connectivity index (χ0n) is 18.0. The fraction of sp³-hybridized carbons (Fsp3) is 0.217. The van der Waals surface area contributed by atoms with E-state index in [1.54, 1.807) is 24.3 Å². The van der Waals surface area contributed by atoms with E-state index in [1.165, 1.54) is 12.1 Å². The van der Waals surface area contributed by atoms with E-state index in [-0.39, 0.29) is 27.7 Å². The van der Waals surface area contributed by atoms with Crippen LogP contribution in [-0.2, 0) is 13.1 Å². The number of hydrogen-bond donors (Lipinski definition) is 2. The van der Waals surface area contributed by atoms with Crippen LogP contribution in [0.15, 0.2) is 49.0 Å². The number of hydrogen-bond acceptors (Lipinski definition) is 3. The second-order valence-electron chi connectivity index (χ2n) is 7.99. The number of urea groups is 1. The third kappa shape index (κ3) is 4.45. The number of carbonyl (C=O) groups is 1. The van der Waals surface area contributed by atoms with E-state index in [1.807, 2.05) is 6.92 Å². The first kappa shape index (κ1) is 23.6. The number of nitrogens with two attached hydrogens (primary N) is 1. The number of alkyl halides is 3. The third-order valence-corrected chi connectivity index (χ3v) is 5.85. The van der Waals surface area contributed by atoms with Crippen LogP contribution >= 0.6 is 11.6 Å². The monoisotopic (exact) mass is 493 g/mol. The molecule has 1 aromatic heterocycles. The van der Waals surface area contributed by atoms with E-state index < -0.39 is 37.2 Å². The Labute approximate surface area is 197 Å². The largest absolute Gasteiger partial charge is 0.410 e. The lowest BCUT2D eigenvalue weighted by Crippen LogP contribution is -2.55. The number of benzene rings is 2. The van der Waals surface area contributed by atoms with Crippen molar-refractivity contribution >= 4 is 29.0 Å². The fourth-order valence-electron chi connectivity index (χ4n) is 3.85. The first-order valence-corrected chi connectivity index (χ1v) is 10.5. The van der Waals surface area contributed by atoms with Gasteiger partial charge >= 0.3 is 12.2 Å². The van der Waals surface area contributed by atoms with Gasteiger partial charge in [0, 0.05) is 22.5 Å². The Morgan fingerprint density at radius 3 is 2.50 bits per heavy atom. The Bertz CT molecular complexity index is 1270. The highest BCUT2D eigenvalue weighted by molar-refractivity contribution is 6.31. The second kappa shape index (κ2) is 8.68. The lowest BCUT2D eigenvalue weighted by molar-refractivity contribution is -0.184. The molecule has 0 radical (unpaired) electrons. The first-order chi connectivity index (χ1) is 16.0. The topological polar surface area (TPSA) is 76.2 Å². The highest BCUT2D eigenvalue weighted by atomic mass is 35.5. The molecule has 6 nitrogen and oxygen atoms in total. The molecule has 34 heavy (non-hydrogen) atoms. The third-order valence-electron chi connectivity index (χ3n) is 5.56. The van der Waals surface area contributed by atoms with Gasteiger partial charge in [0.2, 0.25) is 0 Å².